The molecule has 0 radical (unpaired) electrons. The van der Waals surface area contributed by atoms with E-state index in [-0.39, 0.29) is 0 Å². The molecule has 5 N–H and O–H groups in total. The highest BCUT2D eigenvalue weighted by Gasteiger charge is 2.17. The zero-order chi connectivity index (χ0) is 22.3. The van der Waals surface area contributed by atoms with E-state index in [4.69, 9.17) is 16.5 Å². The largest absolute Gasteiger partial charge is 0.382 e. The van der Waals surface area contributed by atoms with Gasteiger partial charge in [-0.2, -0.15) is 0 Å². The Labute approximate surface area is 190 Å². The summed E-state index contributed by atoms with van der Waals surface area (Å²) in [6.07, 6.45) is 5.35. The van der Waals surface area contributed by atoms with Gasteiger partial charge in [0, 0.05) is 24.9 Å². The first kappa shape index (κ1) is 22.2. The zero-order valence-corrected chi connectivity index (χ0v) is 19.0. The van der Waals surface area contributed by atoms with E-state index in [2.05, 4.69) is 58.2 Å². The van der Waals surface area contributed by atoms with Crippen LogP contribution in [0.25, 0.3) is 21.9 Å². The minimum Gasteiger partial charge on any atom is -0.382 e. The first-order valence-corrected chi connectivity index (χ1v) is 11.7. The summed E-state index contributed by atoms with van der Waals surface area (Å²) in [6.45, 7) is 5.63. The van der Waals surface area contributed by atoms with Crippen molar-refractivity contribution in [2.45, 2.75) is 52.1 Å². The third kappa shape index (κ3) is 4.92. The Kier molecular flexibility index (Phi) is 7.35. The van der Waals surface area contributed by atoms with Gasteiger partial charge >= 0.3 is 0 Å². The molecule has 0 aliphatic carbocycles. The topological polar surface area (TPSA) is 94.8 Å². The van der Waals surface area contributed by atoms with E-state index in [1.54, 1.807) is 0 Å². The number of unbranched alkanes of at least 4 members (excludes halogenated alkanes) is 2. The van der Waals surface area contributed by atoms with Gasteiger partial charge in [0.1, 0.15) is 11.3 Å². The van der Waals surface area contributed by atoms with Crippen molar-refractivity contribution in [3.8, 4) is 0 Å². The maximum Gasteiger partial charge on any atom is 0.152 e. The summed E-state index contributed by atoms with van der Waals surface area (Å²) < 4.78 is 2.34. The quantitative estimate of drug-likeness (QED) is 0.307. The number of nitrogens with one attached hydrogen (secondary N) is 1. The maximum absolute atomic E-state index is 6.32. The van der Waals surface area contributed by atoms with Crippen molar-refractivity contribution in [1.29, 1.82) is 0 Å². The summed E-state index contributed by atoms with van der Waals surface area (Å²) in [6, 6.07) is 17.1. The molecule has 6 heteroatoms. The Morgan fingerprint density at radius 3 is 2.50 bits per heavy atom. The molecule has 0 saturated carbocycles. The number of rotatable bonds is 11. The lowest BCUT2D eigenvalue weighted by Gasteiger charge is -2.12. The van der Waals surface area contributed by atoms with Gasteiger partial charge in [-0.05, 0) is 49.5 Å². The number of nitrogen functional groups attached to an aromatic ring is 1. The van der Waals surface area contributed by atoms with Crippen LogP contribution in [0.15, 0.2) is 48.5 Å². The molecule has 0 aliphatic rings. The van der Waals surface area contributed by atoms with Crippen LogP contribution in [-0.4, -0.2) is 27.6 Å². The normalized spacial score (nSPS) is 11.6. The minimum absolute atomic E-state index is 0.506. The predicted molar refractivity (Wildman–Crippen MR) is 134 cm³/mol. The third-order valence-corrected chi connectivity index (χ3v) is 5.94. The fourth-order valence-corrected chi connectivity index (χ4v) is 4.17. The number of imidazole rings is 1. The van der Waals surface area contributed by atoms with E-state index < -0.39 is 0 Å². The summed E-state index contributed by atoms with van der Waals surface area (Å²) in [5.74, 6) is 1.59. The van der Waals surface area contributed by atoms with Crippen LogP contribution in [0.3, 0.4) is 0 Å². The summed E-state index contributed by atoms with van der Waals surface area (Å²) in [5, 5.41) is 4.59. The SMILES string of the molecule is CCCCc1nc2c(N)nc3ccccc3c2n1Cc1ccc(CNCCCCN)cc1. The number of anilines is 1. The molecule has 6 nitrogen and oxygen atoms in total. The molecule has 32 heavy (non-hydrogen) atoms. The van der Waals surface area contributed by atoms with Crippen LogP contribution in [0.4, 0.5) is 5.82 Å². The molecule has 0 spiro atoms. The summed E-state index contributed by atoms with van der Waals surface area (Å²) >= 11 is 0. The van der Waals surface area contributed by atoms with Crippen molar-refractivity contribution in [1.82, 2.24) is 19.9 Å². The number of para-hydroxylation sites is 1. The Morgan fingerprint density at radius 2 is 1.72 bits per heavy atom. The molecule has 0 aliphatic heterocycles. The van der Waals surface area contributed by atoms with E-state index in [1.165, 1.54) is 11.1 Å². The number of hydrogen-bond donors (Lipinski definition) is 3. The summed E-state index contributed by atoms with van der Waals surface area (Å²) in [7, 11) is 0. The molecule has 4 rings (SSSR count). The second kappa shape index (κ2) is 10.6. The molecule has 0 amide bonds. The average Bonchev–Trinajstić information content (AvgIpc) is 3.17. The fourth-order valence-electron chi connectivity index (χ4n) is 4.17. The second-order valence-electron chi connectivity index (χ2n) is 8.42. The van der Waals surface area contributed by atoms with Crippen LogP contribution in [-0.2, 0) is 19.5 Å². The summed E-state index contributed by atoms with van der Waals surface area (Å²) in [4.78, 5) is 9.53. The highest BCUT2D eigenvalue weighted by Crippen LogP contribution is 2.30. The smallest absolute Gasteiger partial charge is 0.152 e. The summed E-state index contributed by atoms with van der Waals surface area (Å²) in [5.41, 5.74) is 17.2. The first-order valence-electron chi connectivity index (χ1n) is 11.7. The molecule has 0 unspecified atom stereocenters. The average molecular weight is 431 g/mol. The lowest BCUT2D eigenvalue weighted by Crippen LogP contribution is -2.15. The van der Waals surface area contributed by atoms with E-state index in [1.807, 2.05) is 12.1 Å². The predicted octanol–water partition coefficient (Wildman–Crippen LogP) is 4.39. The number of hydrogen-bond acceptors (Lipinski definition) is 5. The van der Waals surface area contributed by atoms with Crippen LogP contribution >= 0.6 is 0 Å². The minimum atomic E-state index is 0.506. The van der Waals surface area contributed by atoms with Gasteiger partial charge in [0.2, 0.25) is 0 Å². The van der Waals surface area contributed by atoms with E-state index in [0.29, 0.717) is 5.82 Å². The lowest BCUT2D eigenvalue weighted by atomic mass is 10.1. The molecule has 0 fully saturated rings. The Balaban J connectivity index is 1.63. The second-order valence-corrected chi connectivity index (χ2v) is 8.42. The van der Waals surface area contributed by atoms with Crippen molar-refractivity contribution in [2.24, 2.45) is 5.73 Å². The van der Waals surface area contributed by atoms with Crippen LogP contribution in [0.1, 0.15) is 49.6 Å². The Hall–Kier alpha value is -2.96. The first-order chi connectivity index (χ1) is 15.7. The highest BCUT2D eigenvalue weighted by molar-refractivity contribution is 6.06. The zero-order valence-electron chi connectivity index (χ0n) is 19.0. The number of nitrogens with zero attached hydrogens (tertiary/aromatic N) is 3. The monoisotopic (exact) mass is 430 g/mol. The van der Waals surface area contributed by atoms with E-state index >= 15 is 0 Å². The number of aromatic nitrogens is 3. The number of pyridine rings is 1. The van der Waals surface area contributed by atoms with Gasteiger partial charge in [0.25, 0.3) is 0 Å². The van der Waals surface area contributed by atoms with Gasteiger partial charge in [-0.3, -0.25) is 0 Å². The molecule has 168 valence electrons. The lowest BCUT2D eigenvalue weighted by molar-refractivity contribution is 0.627. The Bertz CT molecular complexity index is 1160. The number of benzene rings is 2. The van der Waals surface area contributed by atoms with Crippen molar-refractivity contribution in [3.05, 3.63) is 65.5 Å². The van der Waals surface area contributed by atoms with Gasteiger partial charge < -0.3 is 21.4 Å². The van der Waals surface area contributed by atoms with Crippen molar-refractivity contribution in [2.75, 3.05) is 18.8 Å². The standard InChI is InChI=1S/C26H34N6/c1-2-3-10-23-31-24-25(21-8-4-5-9-22(21)30-26(24)28)32(23)18-20-13-11-19(12-14-20)17-29-16-7-6-15-27/h4-5,8-9,11-14,29H,2-3,6-7,10,15-18,27H2,1H3,(H2,28,30). The maximum atomic E-state index is 6.32. The molecule has 4 aromatic rings. The van der Waals surface area contributed by atoms with Crippen LogP contribution in [0, 0.1) is 0 Å². The molecular weight excluding hydrogens is 396 g/mol. The fraction of sp³-hybridized carbons (Fsp3) is 0.385. The highest BCUT2D eigenvalue weighted by atomic mass is 15.1. The molecule has 0 saturated heterocycles. The van der Waals surface area contributed by atoms with Crippen molar-refractivity contribution in [3.63, 3.8) is 0 Å². The Morgan fingerprint density at radius 1 is 0.938 bits per heavy atom. The molecule has 0 bridgehead atoms. The van der Waals surface area contributed by atoms with Crippen LogP contribution in [0.2, 0.25) is 0 Å². The van der Waals surface area contributed by atoms with Gasteiger partial charge in [-0.25, -0.2) is 9.97 Å². The molecule has 2 aromatic heterocycles. The van der Waals surface area contributed by atoms with Crippen LogP contribution < -0.4 is 16.8 Å². The van der Waals surface area contributed by atoms with Gasteiger partial charge in [-0.1, -0.05) is 55.8 Å². The van der Waals surface area contributed by atoms with Crippen molar-refractivity contribution >= 4 is 27.8 Å². The van der Waals surface area contributed by atoms with Gasteiger partial charge in [-0.15, -0.1) is 0 Å². The number of nitrogens with two attached hydrogens (primary N) is 2. The van der Waals surface area contributed by atoms with E-state index in [9.17, 15) is 0 Å². The molecular formula is C26H34N6. The van der Waals surface area contributed by atoms with Crippen LogP contribution in [0.5, 0.6) is 0 Å². The number of fused-ring (bicyclic) bond motifs is 3. The third-order valence-electron chi connectivity index (χ3n) is 5.94. The molecule has 2 heterocycles. The van der Waals surface area contributed by atoms with Gasteiger partial charge in [0.15, 0.2) is 5.82 Å². The van der Waals surface area contributed by atoms with Gasteiger partial charge in [0.05, 0.1) is 11.0 Å². The molecule has 2 aromatic carbocycles. The van der Waals surface area contributed by atoms with Crippen molar-refractivity contribution < 1.29 is 0 Å². The molecule has 0 atom stereocenters. The van der Waals surface area contributed by atoms with E-state index in [0.717, 1.165) is 86.0 Å². The number of aryl methyl sites for hydroxylation is 1.